The van der Waals surface area contributed by atoms with E-state index in [1.807, 2.05) is 0 Å². The fraction of sp³-hybridized carbons (Fsp3) is 0.125. The lowest BCUT2D eigenvalue weighted by Crippen LogP contribution is -2.12. The molecule has 2 N–H and O–H groups in total. The second kappa shape index (κ2) is 5.27. The van der Waals surface area contributed by atoms with Crippen molar-refractivity contribution in [1.82, 2.24) is 0 Å². The van der Waals surface area contributed by atoms with Gasteiger partial charge in [-0.1, -0.05) is 0 Å². The van der Waals surface area contributed by atoms with E-state index in [0.29, 0.717) is 5.37 Å². The van der Waals surface area contributed by atoms with Gasteiger partial charge in [0, 0.05) is 5.37 Å². The molecule has 11 heteroatoms. The third kappa shape index (κ3) is 2.94. The average molecular weight is 313 g/mol. The van der Waals surface area contributed by atoms with Gasteiger partial charge in [-0.15, -0.1) is 0 Å². The zero-order valence-corrected chi connectivity index (χ0v) is 9.31. The second-order valence-corrected chi connectivity index (χ2v) is 4.56. The number of anilines is 1. The summed E-state index contributed by atoms with van der Waals surface area (Å²) in [6.07, 6.45) is 0. The molecule has 0 saturated carbocycles. The van der Waals surface area contributed by atoms with Gasteiger partial charge in [0.2, 0.25) is 5.82 Å². The lowest BCUT2D eigenvalue weighted by atomic mass is 10.2. The van der Waals surface area contributed by atoms with Gasteiger partial charge in [0.15, 0.2) is 23.3 Å². The maximum absolute atomic E-state index is 13.0. The lowest BCUT2D eigenvalue weighted by molar-refractivity contribution is -0.0330. The Morgan fingerprint density at radius 1 is 0.842 bits per heavy atom. The molecule has 1 unspecified atom stereocenters. The van der Waals surface area contributed by atoms with Crippen LogP contribution in [0.3, 0.4) is 0 Å². The topological polar surface area (TPSA) is 32.3 Å². The lowest BCUT2D eigenvalue weighted by Gasteiger charge is -2.15. The highest BCUT2D eigenvalue weighted by atomic mass is 32.2. The summed E-state index contributed by atoms with van der Waals surface area (Å²) in [7, 11) is -3.82. The Labute approximate surface area is 102 Å². The van der Waals surface area contributed by atoms with Crippen molar-refractivity contribution in [2.75, 3.05) is 4.72 Å². The van der Waals surface area contributed by atoms with E-state index in [9.17, 15) is 35.1 Å². The van der Waals surface area contributed by atoms with E-state index in [1.54, 1.807) is 0 Å². The Morgan fingerprint density at radius 3 is 1.53 bits per heavy atom. The van der Waals surface area contributed by atoms with Crippen LogP contribution in [0.15, 0.2) is 0 Å². The van der Waals surface area contributed by atoms with Crippen LogP contribution < -0.4 is 4.72 Å². The van der Waals surface area contributed by atoms with E-state index in [0.717, 1.165) is 4.72 Å². The van der Waals surface area contributed by atoms with Crippen LogP contribution in [0.4, 0.5) is 40.8 Å². The van der Waals surface area contributed by atoms with Gasteiger partial charge in [-0.05, 0) is 10.5 Å². The molecule has 0 aliphatic heterocycles. The van der Waals surface area contributed by atoms with Crippen LogP contribution in [0, 0.1) is 34.5 Å². The number of halogens is 8. The Balaban J connectivity index is 3.41. The van der Waals surface area contributed by atoms with E-state index in [-0.39, 0.29) is 0 Å². The minimum Gasteiger partial charge on any atom is -0.327 e. The van der Waals surface area contributed by atoms with E-state index in [4.69, 9.17) is 5.11 Å². The minimum absolute atomic E-state index is 0.655. The van der Waals surface area contributed by atoms with Crippen molar-refractivity contribution in [3.05, 3.63) is 29.1 Å². The molecule has 0 radical (unpaired) electrons. The van der Waals surface area contributed by atoms with Gasteiger partial charge in [-0.25, -0.2) is 22.0 Å². The highest BCUT2D eigenvalue weighted by Gasteiger charge is 2.33. The molecule has 1 rings (SSSR count). The van der Waals surface area contributed by atoms with Gasteiger partial charge in [-0.3, -0.25) is 0 Å². The predicted molar refractivity (Wildman–Crippen MR) is 50.7 cm³/mol. The fourth-order valence-electron chi connectivity index (χ4n) is 0.960. The number of hydrogen-bond acceptors (Lipinski definition) is 2. The molecular weight excluding hydrogens is 310 g/mol. The number of thiol groups is 1. The largest absolute Gasteiger partial charge is 0.450 e. The van der Waals surface area contributed by atoms with Crippen molar-refractivity contribution in [3.63, 3.8) is 0 Å². The SMILES string of the molecule is OC#[SH](Nc1c(F)c(F)c(F)c(F)c1F)C(F)(F)F. The first-order valence-corrected chi connectivity index (χ1v) is 5.50. The molecular formula is C8H3F8NOS. The smallest absolute Gasteiger partial charge is 0.327 e. The van der Waals surface area contributed by atoms with Crippen LogP contribution in [0.5, 0.6) is 0 Å². The second-order valence-electron chi connectivity index (χ2n) is 2.96. The van der Waals surface area contributed by atoms with Crippen molar-refractivity contribution in [2.45, 2.75) is 5.51 Å². The van der Waals surface area contributed by atoms with Crippen LogP contribution >= 0.6 is 10.5 Å². The summed E-state index contributed by atoms with van der Waals surface area (Å²) < 4.78 is 102. The maximum atomic E-state index is 13.0. The molecule has 0 saturated heterocycles. The Morgan fingerprint density at radius 2 is 1.21 bits per heavy atom. The molecule has 0 bridgehead atoms. The molecule has 2 nitrogen and oxygen atoms in total. The highest BCUT2D eigenvalue weighted by molar-refractivity contribution is 8.08. The minimum atomic E-state index is -5.19. The monoisotopic (exact) mass is 313 g/mol. The third-order valence-electron chi connectivity index (χ3n) is 1.79. The van der Waals surface area contributed by atoms with Crippen molar-refractivity contribution < 1.29 is 40.2 Å². The molecule has 1 aromatic carbocycles. The van der Waals surface area contributed by atoms with Crippen molar-refractivity contribution >= 4 is 16.2 Å². The molecule has 0 amide bonds. The van der Waals surface area contributed by atoms with E-state index >= 15 is 0 Å². The van der Waals surface area contributed by atoms with Crippen molar-refractivity contribution in [3.8, 4) is 5.37 Å². The van der Waals surface area contributed by atoms with Gasteiger partial charge in [0.05, 0.1) is 0 Å². The predicted octanol–water partition coefficient (Wildman–Crippen LogP) is 3.52. The number of alkyl halides is 3. The van der Waals surface area contributed by atoms with E-state index < -0.39 is 50.8 Å². The Bertz CT molecular complexity index is 570. The summed E-state index contributed by atoms with van der Waals surface area (Å²) in [5, 5.41) is 8.84. The van der Waals surface area contributed by atoms with Gasteiger partial charge >= 0.3 is 5.51 Å². The van der Waals surface area contributed by atoms with E-state index in [2.05, 4.69) is 0 Å². The number of nitrogens with one attached hydrogen (secondary N) is 1. The van der Waals surface area contributed by atoms with Gasteiger partial charge in [-0.2, -0.15) is 13.2 Å². The third-order valence-corrected chi connectivity index (χ3v) is 2.94. The molecule has 1 aromatic rings. The molecule has 1 atom stereocenters. The first-order valence-electron chi connectivity index (χ1n) is 4.16. The molecule has 0 spiro atoms. The summed E-state index contributed by atoms with van der Waals surface area (Å²) in [4.78, 5) is 0. The van der Waals surface area contributed by atoms with Gasteiger partial charge < -0.3 is 9.83 Å². The average Bonchev–Trinajstić information content (AvgIpc) is 2.32. The summed E-state index contributed by atoms with van der Waals surface area (Å²) in [5.74, 6) is -12.3. The number of rotatable bonds is 1. The number of benzene rings is 1. The summed E-state index contributed by atoms with van der Waals surface area (Å²) in [6.45, 7) is 0. The Kier molecular flexibility index (Phi) is 4.33. The Hall–Kier alpha value is -1.45. The fourth-order valence-corrected chi connectivity index (χ4v) is 1.67. The quantitative estimate of drug-likeness (QED) is 0.321. The van der Waals surface area contributed by atoms with E-state index in [1.165, 1.54) is 0 Å². The summed E-state index contributed by atoms with van der Waals surface area (Å²) in [6, 6.07) is 0. The zero-order chi connectivity index (χ0) is 15.0. The normalized spacial score (nSPS) is 13.1. The number of hydrogen-bond donors (Lipinski definition) is 3. The molecule has 0 aromatic heterocycles. The van der Waals surface area contributed by atoms with Crippen molar-refractivity contribution in [1.29, 1.82) is 0 Å². The molecule has 0 aliphatic carbocycles. The van der Waals surface area contributed by atoms with Crippen LogP contribution in [0.2, 0.25) is 0 Å². The standard InChI is InChI=1S/C8H3F8NOS/c9-2-3(10)5(12)7(6(13)4(2)11)17-19(1-18)8(14,15)16/h17-19H. The number of aliphatic hydroxyl groups excluding tert-OH is 1. The molecule has 19 heavy (non-hydrogen) atoms. The van der Waals surface area contributed by atoms with Crippen LogP contribution in [0.1, 0.15) is 0 Å². The molecule has 108 valence electrons. The summed E-state index contributed by atoms with van der Waals surface area (Å²) in [5.41, 5.74) is -7.08. The highest BCUT2D eigenvalue weighted by Crippen LogP contribution is 2.38. The first kappa shape index (κ1) is 15.6. The maximum Gasteiger partial charge on any atom is 0.450 e. The van der Waals surface area contributed by atoms with Crippen LogP contribution in [-0.4, -0.2) is 10.6 Å². The van der Waals surface area contributed by atoms with Crippen LogP contribution in [-0.2, 0) is 0 Å². The molecule has 0 heterocycles. The van der Waals surface area contributed by atoms with Gasteiger partial charge in [0.1, 0.15) is 5.69 Å². The first-order chi connectivity index (χ1) is 8.61. The van der Waals surface area contributed by atoms with Crippen LogP contribution in [0.25, 0.3) is 0 Å². The molecule has 0 fully saturated rings. The zero-order valence-electron chi connectivity index (χ0n) is 8.42. The summed E-state index contributed by atoms with van der Waals surface area (Å²) >= 11 is 0. The molecule has 0 aliphatic rings. The van der Waals surface area contributed by atoms with Gasteiger partial charge in [0.25, 0.3) is 0 Å². The number of aliphatic hydroxyl groups is 1. The van der Waals surface area contributed by atoms with Crippen molar-refractivity contribution in [2.24, 2.45) is 0 Å².